The largest absolute Gasteiger partial charge is 0.383 e. The summed E-state index contributed by atoms with van der Waals surface area (Å²) in [7, 11) is 0. The van der Waals surface area contributed by atoms with Crippen molar-refractivity contribution in [3.63, 3.8) is 0 Å². The van der Waals surface area contributed by atoms with E-state index in [-0.39, 0.29) is 0 Å². The van der Waals surface area contributed by atoms with Crippen LogP contribution in [0.25, 0.3) is 0 Å². The molecule has 2 N–H and O–H groups in total. The van der Waals surface area contributed by atoms with E-state index in [1.54, 1.807) is 0 Å². The van der Waals surface area contributed by atoms with Crippen LogP contribution in [0.3, 0.4) is 0 Å². The third kappa shape index (κ3) is 3.89. The Bertz CT molecular complexity index is 651. The predicted molar refractivity (Wildman–Crippen MR) is 107 cm³/mol. The molecule has 2 aromatic rings. The summed E-state index contributed by atoms with van der Waals surface area (Å²) in [5.41, 5.74) is 5.33. The lowest BCUT2D eigenvalue weighted by molar-refractivity contribution is 0.763. The van der Waals surface area contributed by atoms with E-state index in [1.165, 1.54) is 32.3 Å². The second-order valence-corrected chi connectivity index (χ2v) is 7.91. The first-order valence-electron chi connectivity index (χ1n) is 9.05. The smallest absolute Gasteiger partial charge is 0.0353 e. The summed E-state index contributed by atoms with van der Waals surface area (Å²) in [5, 5.41) is 7.17. The van der Waals surface area contributed by atoms with Gasteiger partial charge in [0.05, 0.1) is 0 Å². The fraction of sp³-hybridized carbons (Fsp3) is 0.429. The van der Waals surface area contributed by atoms with Gasteiger partial charge in [0.15, 0.2) is 0 Å². The average Bonchev–Trinajstić information content (AvgIpc) is 2.59. The molecule has 0 radical (unpaired) electrons. The Morgan fingerprint density at radius 1 is 0.833 bits per heavy atom. The number of nitrogens with one attached hydrogen (secondary N) is 2. The summed E-state index contributed by atoms with van der Waals surface area (Å²) >= 11 is 1.90. The zero-order valence-corrected chi connectivity index (χ0v) is 16.0. The summed E-state index contributed by atoms with van der Waals surface area (Å²) in [6.45, 7) is 8.89. The quantitative estimate of drug-likeness (QED) is 0.561. The predicted octanol–water partition coefficient (Wildman–Crippen LogP) is 6.16. The molecule has 0 saturated heterocycles. The van der Waals surface area contributed by atoms with Crippen molar-refractivity contribution in [2.75, 3.05) is 10.6 Å². The summed E-state index contributed by atoms with van der Waals surface area (Å²) in [6.07, 6.45) is 3.31. The van der Waals surface area contributed by atoms with Gasteiger partial charge in [-0.3, -0.25) is 0 Å². The molecule has 0 bridgehead atoms. The van der Waals surface area contributed by atoms with Gasteiger partial charge in [-0.25, -0.2) is 0 Å². The van der Waals surface area contributed by atoms with Gasteiger partial charge in [-0.2, -0.15) is 0 Å². The maximum absolute atomic E-state index is 3.59. The van der Waals surface area contributed by atoms with Crippen LogP contribution >= 0.6 is 11.8 Å². The topological polar surface area (TPSA) is 24.1 Å². The summed E-state index contributed by atoms with van der Waals surface area (Å²) in [6, 6.07) is 14.6. The minimum atomic E-state index is 0.510. The molecule has 2 unspecified atom stereocenters. The van der Waals surface area contributed by atoms with Crippen molar-refractivity contribution < 1.29 is 0 Å². The van der Waals surface area contributed by atoms with E-state index >= 15 is 0 Å². The standard InChI is InChI=1S/C21H28N2S/c1-5-14(3)22-18-9-7-16-11-17-8-10-19(23-15(4)6-2)13-21(17)24-20(16)12-18/h7-10,12-15,22-23H,5-6,11H2,1-4H3. The highest BCUT2D eigenvalue weighted by atomic mass is 32.2. The Labute approximate surface area is 150 Å². The number of anilines is 2. The molecule has 3 rings (SSSR count). The van der Waals surface area contributed by atoms with Gasteiger partial charge in [-0.1, -0.05) is 37.7 Å². The second kappa shape index (κ2) is 7.52. The van der Waals surface area contributed by atoms with E-state index in [9.17, 15) is 0 Å². The number of hydrogen-bond donors (Lipinski definition) is 2. The molecule has 128 valence electrons. The molecule has 2 aromatic carbocycles. The first-order valence-corrected chi connectivity index (χ1v) is 9.87. The first kappa shape index (κ1) is 17.2. The Hall–Kier alpha value is -1.61. The third-order valence-corrected chi connectivity index (χ3v) is 5.99. The zero-order valence-electron chi connectivity index (χ0n) is 15.1. The minimum Gasteiger partial charge on any atom is -0.383 e. The lowest BCUT2D eigenvalue weighted by atomic mass is 10.0. The molecule has 2 atom stereocenters. The normalized spacial score (nSPS) is 15.2. The van der Waals surface area contributed by atoms with Crippen molar-refractivity contribution in [3.05, 3.63) is 47.5 Å². The van der Waals surface area contributed by atoms with Crippen molar-refractivity contribution in [2.24, 2.45) is 0 Å². The van der Waals surface area contributed by atoms with Crippen LogP contribution in [-0.4, -0.2) is 12.1 Å². The summed E-state index contributed by atoms with van der Waals surface area (Å²) < 4.78 is 0. The molecular formula is C21H28N2S. The molecule has 0 spiro atoms. The number of benzene rings is 2. The molecular weight excluding hydrogens is 312 g/mol. The molecule has 0 fully saturated rings. The van der Waals surface area contributed by atoms with Crippen molar-refractivity contribution >= 4 is 23.1 Å². The highest BCUT2D eigenvalue weighted by Crippen LogP contribution is 2.41. The van der Waals surface area contributed by atoms with Gasteiger partial charge in [0, 0.05) is 33.2 Å². The monoisotopic (exact) mass is 340 g/mol. The molecule has 0 aliphatic carbocycles. The fourth-order valence-corrected chi connectivity index (χ4v) is 4.02. The van der Waals surface area contributed by atoms with Gasteiger partial charge in [0.1, 0.15) is 0 Å². The molecule has 1 heterocycles. The summed E-state index contributed by atoms with van der Waals surface area (Å²) in [4.78, 5) is 2.77. The molecule has 1 aliphatic heterocycles. The minimum absolute atomic E-state index is 0.510. The molecule has 24 heavy (non-hydrogen) atoms. The van der Waals surface area contributed by atoms with Gasteiger partial charge in [0.25, 0.3) is 0 Å². The van der Waals surface area contributed by atoms with Crippen LogP contribution in [0, 0.1) is 0 Å². The highest BCUT2D eigenvalue weighted by molar-refractivity contribution is 7.99. The van der Waals surface area contributed by atoms with Gasteiger partial charge in [0.2, 0.25) is 0 Å². The lowest BCUT2D eigenvalue weighted by Gasteiger charge is -2.22. The van der Waals surface area contributed by atoms with E-state index in [4.69, 9.17) is 0 Å². The number of fused-ring (bicyclic) bond motifs is 2. The van der Waals surface area contributed by atoms with E-state index in [0.717, 1.165) is 19.3 Å². The van der Waals surface area contributed by atoms with Gasteiger partial charge < -0.3 is 10.6 Å². The maximum Gasteiger partial charge on any atom is 0.0353 e. The van der Waals surface area contributed by atoms with Crippen LogP contribution in [0.4, 0.5) is 11.4 Å². The molecule has 1 aliphatic rings. The van der Waals surface area contributed by atoms with Crippen LogP contribution in [0.1, 0.15) is 51.7 Å². The van der Waals surface area contributed by atoms with E-state index in [0.29, 0.717) is 12.1 Å². The maximum atomic E-state index is 3.59. The zero-order chi connectivity index (χ0) is 17.1. The molecule has 0 saturated carbocycles. The van der Waals surface area contributed by atoms with E-state index < -0.39 is 0 Å². The van der Waals surface area contributed by atoms with Crippen molar-refractivity contribution in [1.29, 1.82) is 0 Å². The van der Waals surface area contributed by atoms with Crippen molar-refractivity contribution in [2.45, 2.75) is 68.8 Å². The Kier molecular flexibility index (Phi) is 5.40. The van der Waals surface area contributed by atoms with Crippen LogP contribution in [0.15, 0.2) is 46.2 Å². The fourth-order valence-electron chi connectivity index (χ4n) is 2.87. The molecule has 0 aromatic heterocycles. The van der Waals surface area contributed by atoms with Gasteiger partial charge in [-0.15, -0.1) is 0 Å². The average molecular weight is 341 g/mol. The summed E-state index contributed by atoms with van der Waals surface area (Å²) in [5.74, 6) is 0. The number of rotatable bonds is 6. The van der Waals surface area contributed by atoms with Crippen LogP contribution in [-0.2, 0) is 6.42 Å². The van der Waals surface area contributed by atoms with Crippen LogP contribution in [0.5, 0.6) is 0 Å². The molecule has 3 heteroatoms. The van der Waals surface area contributed by atoms with Gasteiger partial charge >= 0.3 is 0 Å². The first-order chi connectivity index (χ1) is 11.6. The van der Waals surface area contributed by atoms with Crippen LogP contribution < -0.4 is 10.6 Å². The SMILES string of the molecule is CCC(C)Nc1ccc2c(c1)Sc1cc(NC(C)CC)ccc1C2. The third-order valence-electron chi connectivity index (χ3n) is 4.79. The number of hydrogen-bond acceptors (Lipinski definition) is 3. The Morgan fingerprint density at radius 3 is 1.71 bits per heavy atom. The Balaban J connectivity index is 1.81. The molecule has 2 nitrogen and oxygen atoms in total. The Morgan fingerprint density at radius 2 is 1.29 bits per heavy atom. The highest BCUT2D eigenvalue weighted by Gasteiger charge is 2.17. The molecule has 0 amide bonds. The van der Waals surface area contributed by atoms with Gasteiger partial charge in [-0.05, 0) is 68.5 Å². The van der Waals surface area contributed by atoms with E-state index in [2.05, 4.69) is 74.7 Å². The second-order valence-electron chi connectivity index (χ2n) is 6.83. The lowest BCUT2D eigenvalue weighted by Crippen LogP contribution is -2.14. The van der Waals surface area contributed by atoms with Crippen molar-refractivity contribution in [3.8, 4) is 0 Å². The van der Waals surface area contributed by atoms with Crippen molar-refractivity contribution in [1.82, 2.24) is 0 Å². The van der Waals surface area contributed by atoms with E-state index in [1.807, 2.05) is 11.8 Å². The van der Waals surface area contributed by atoms with Crippen LogP contribution in [0.2, 0.25) is 0 Å².